The van der Waals surface area contributed by atoms with Crippen LogP contribution < -0.4 is 5.32 Å². The Balaban J connectivity index is 2.08. The molecule has 0 bridgehead atoms. The van der Waals surface area contributed by atoms with Crippen LogP contribution in [0.5, 0.6) is 0 Å². The topological polar surface area (TPSA) is 66.4 Å². The number of aliphatic carboxylic acids is 1. The molecule has 94 valence electrons. The van der Waals surface area contributed by atoms with Gasteiger partial charge in [0, 0.05) is 16.1 Å². The Morgan fingerprint density at radius 2 is 2.17 bits per heavy atom. The summed E-state index contributed by atoms with van der Waals surface area (Å²) in [5, 5.41) is 12.4. The lowest BCUT2D eigenvalue weighted by molar-refractivity contribution is -0.137. The highest BCUT2D eigenvalue weighted by molar-refractivity contribution is 6.31. The molecule has 5 heteroatoms. The second-order valence-electron chi connectivity index (χ2n) is 5.06. The maximum absolute atomic E-state index is 11.5. The third-order valence-electron chi connectivity index (χ3n) is 3.71. The minimum atomic E-state index is -0.814. The molecule has 1 aromatic rings. The number of carbonyl (C=O) groups is 2. The highest BCUT2D eigenvalue weighted by Gasteiger charge is 2.48. The van der Waals surface area contributed by atoms with E-state index in [9.17, 15) is 9.59 Å². The molecule has 1 aliphatic heterocycles. The van der Waals surface area contributed by atoms with E-state index in [4.69, 9.17) is 16.7 Å². The third-order valence-corrected chi connectivity index (χ3v) is 3.93. The molecule has 1 aromatic carbocycles. The van der Waals surface area contributed by atoms with Gasteiger partial charge in [0.2, 0.25) is 5.91 Å². The Labute approximate surface area is 109 Å². The molecule has 2 aliphatic rings. The Kier molecular flexibility index (Phi) is 2.38. The molecule has 0 aromatic heterocycles. The van der Waals surface area contributed by atoms with Gasteiger partial charge >= 0.3 is 5.97 Å². The van der Waals surface area contributed by atoms with Crippen LogP contribution in [0.15, 0.2) is 12.1 Å². The summed E-state index contributed by atoms with van der Waals surface area (Å²) >= 11 is 6.06. The first-order valence-corrected chi connectivity index (χ1v) is 6.22. The maximum Gasteiger partial charge on any atom is 0.304 e. The summed E-state index contributed by atoms with van der Waals surface area (Å²) in [7, 11) is 0. The van der Waals surface area contributed by atoms with Crippen molar-refractivity contribution in [1.82, 2.24) is 0 Å². The van der Waals surface area contributed by atoms with Crippen molar-refractivity contribution in [2.45, 2.75) is 31.1 Å². The predicted molar refractivity (Wildman–Crippen MR) is 67.0 cm³/mol. The van der Waals surface area contributed by atoms with Crippen LogP contribution in [0.4, 0.5) is 5.69 Å². The molecule has 2 N–H and O–H groups in total. The number of carboxylic acid groups (broad SMARTS) is 1. The van der Waals surface area contributed by atoms with Gasteiger partial charge in [-0.1, -0.05) is 11.6 Å². The van der Waals surface area contributed by atoms with Gasteiger partial charge in [-0.3, -0.25) is 9.59 Å². The average molecular weight is 266 g/mol. The van der Waals surface area contributed by atoms with Crippen LogP contribution in [0, 0.1) is 0 Å². The van der Waals surface area contributed by atoms with E-state index in [-0.39, 0.29) is 17.7 Å². The van der Waals surface area contributed by atoms with Gasteiger partial charge in [0.15, 0.2) is 0 Å². The Hall–Kier alpha value is -1.55. The van der Waals surface area contributed by atoms with Crippen molar-refractivity contribution in [3.63, 3.8) is 0 Å². The van der Waals surface area contributed by atoms with E-state index in [1.54, 1.807) is 12.1 Å². The fourth-order valence-electron chi connectivity index (χ4n) is 2.71. The molecule has 18 heavy (non-hydrogen) atoms. The number of carboxylic acids is 1. The van der Waals surface area contributed by atoms with Crippen molar-refractivity contribution in [1.29, 1.82) is 0 Å². The summed E-state index contributed by atoms with van der Waals surface area (Å²) in [4.78, 5) is 22.4. The van der Waals surface area contributed by atoms with Gasteiger partial charge in [-0.2, -0.15) is 0 Å². The molecule has 1 amide bonds. The van der Waals surface area contributed by atoms with Crippen molar-refractivity contribution in [2.24, 2.45) is 0 Å². The molecular formula is C13H12ClNO3. The quantitative estimate of drug-likeness (QED) is 0.882. The minimum Gasteiger partial charge on any atom is -0.481 e. The third kappa shape index (κ3) is 1.77. The van der Waals surface area contributed by atoms with Crippen LogP contribution >= 0.6 is 11.6 Å². The van der Waals surface area contributed by atoms with E-state index in [1.807, 2.05) is 0 Å². The van der Waals surface area contributed by atoms with E-state index >= 15 is 0 Å². The molecule has 0 spiro atoms. The number of carbonyl (C=O) groups excluding carboxylic acids is 1. The first-order chi connectivity index (χ1) is 8.50. The van der Waals surface area contributed by atoms with Gasteiger partial charge in [-0.25, -0.2) is 0 Å². The van der Waals surface area contributed by atoms with Gasteiger partial charge in [0.1, 0.15) is 0 Å². The van der Waals surface area contributed by atoms with Gasteiger partial charge < -0.3 is 10.4 Å². The van der Waals surface area contributed by atoms with Crippen LogP contribution in [0.2, 0.25) is 5.02 Å². The number of nitrogens with one attached hydrogen (secondary N) is 1. The zero-order valence-electron chi connectivity index (χ0n) is 9.62. The standard InChI is InChI=1S/C13H12ClNO3/c14-8-3-7-4-10(16)15-12(7)9(5-8)13(1-2-13)6-11(17)18/h3,5H,1-2,4,6H2,(H,15,16)(H,17,18). The number of rotatable bonds is 3. The Morgan fingerprint density at radius 3 is 2.78 bits per heavy atom. The van der Waals surface area contributed by atoms with Crippen LogP contribution in [-0.4, -0.2) is 17.0 Å². The number of hydrogen-bond acceptors (Lipinski definition) is 2. The first kappa shape index (κ1) is 11.5. The summed E-state index contributed by atoms with van der Waals surface area (Å²) in [5.41, 5.74) is 2.21. The van der Waals surface area contributed by atoms with Crippen molar-refractivity contribution in [2.75, 3.05) is 5.32 Å². The number of amides is 1. The van der Waals surface area contributed by atoms with Crippen LogP contribution in [0.1, 0.15) is 30.4 Å². The number of benzene rings is 1. The minimum absolute atomic E-state index is 0.0559. The first-order valence-electron chi connectivity index (χ1n) is 5.85. The molecule has 1 heterocycles. The van der Waals surface area contributed by atoms with E-state index in [1.165, 1.54) is 0 Å². The van der Waals surface area contributed by atoms with Crippen molar-refractivity contribution < 1.29 is 14.7 Å². The van der Waals surface area contributed by atoms with Gasteiger partial charge in [0.05, 0.1) is 12.8 Å². The van der Waals surface area contributed by atoms with Gasteiger partial charge in [-0.05, 0) is 36.1 Å². The van der Waals surface area contributed by atoms with Crippen LogP contribution in [0.3, 0.4) is 0 Å². The normalized spacial score (nSPS) is 19.3. The van der Waals surface area contributed by atoms with Gasteiger partial charge in [-0.15, -0.1) is 0 Å². The lowest BCUT2D eigenvalue weighted by Gasteiger charge is -2.17. The number of hydrogen-bond donors (Lipinski definition) is 2. The molecule has 1 aliphatic carbocycles. The lowest BCUT2D eigenvalue weighted by Crippen LogP contribution is -2.15. The number of anilines is 1. The molecular weight excluding hydrogens is 254 g/mol. The van der Waals surface area contributed by atoms with Gasteiger partial charge in [0.25, 0.3) is 0 Å². The number of fused-ring (bicyclic) bond motifs is 1. The molecule has 1 fully saturated rings. The fraction of sp³-hybridized carbons (Fsp3) is 0.385. The summed E-state index contributed by atoms with van der Waals surface area (Å²) in [6.07, 6.45) is 2.09. The summed E-state index contributed by atoms with van der Waals surface area (Å²) in [6, 6.07) is 3.57. The summed E-state index contributed by atoms with van der Waals surface area (Å²) in [5.74, 6) is -0.870. The molecule has 0 saturated heterocycles. The molecule has 4 nitrogen and oxygen atoms in total. The molecule has 0 radical (unpaired) electrons. The summed E-state index contributed by atoms with van der Waals surface area (Å²) in [6.45, 7) is 0. The van der Waals surface area contributed by atoms with Crippen LogP contribution in [0.25, 0.3) is 0 Å². The number of halogens is 1. The van der Waals surface area contributed by atoms with E-state index in [2.05, 4.69) is 5.32 Å². The van der Waals surface area contributed by atoms with E-state index < -0.39 is 5.97 Å². The van der Waals surface area contributed by atoms with Crippen molar-refractivity contribution in [3.8, 4) is 0 Å². The monoisotopic (exact) mass is 265 g/mol. The van der Waals surface area contributed by atoms with E-state index in [0.717, 1.165) is 29.7 Å². The van der Waals surface area contributed by atoms with Crippen molar-refractivity contribution >= 4 is 29.2 Å². The average Bonchev–Trinajstić information content (AvgIpc) is 2.91. The largest absolute Gasteiger partial charge is 0.481 e. The van der Waals surface area contributed by atoms with E-state index in [0.29, 0.717) is 11.4 Å². The molecule has 0 unspecified atom stereocenters. The lowest BCUT2D eigenvalue weighted by atomic mass is 9.89. The zero-order chi connectivity index (χ0) is 12.9. The van der Waals surface area contributed by atoms with Crippen molar-refractivity contribution in [3.05, 3.63) is 28.3 Å². The SMILES string of the molecule is O=C(O)CC1(c2cc(Cl)cc3c2NC(=O)C3)CC1. The highest BCUT2D eigenvalue weighted by atomic mass is 35.5. The second-order valence-corrected chi connectivity index (χ2v) is 5.50. The molecule has 0 atom stereocenters. The smallest absolute Gasteiger partial charge is 0.304 e. The predicted octanol–water partition coefficient (Wildman–Crippen LogP) is 2.34. The highest BCUT2D eigenvalue weighted by Crippen LogP contribution is 2.55. The maximum atomic E-state index is 11.5. The fourth-order valence-corrected chi connectivity index (χ4v) is 2.95. The second kappa shape index (κ2) is 3.72. The van der Waals surface area contributed by atoms with Crippen LogP contribution in [-0.2, 0) is 21.4 Å². The summed E-state index contributed by atoms with van der Waals surface area (Å²) < 4.78 is 0. The Morgan fingerprint density at radius 1 is 1.44 bits per heavy atom. The molecule has 1 saturated carbocycles. The zero-order valence-corrected chi connectivity index (χ0v) is 10.4. The molecule has 3 rings (SSSR count). The Bertz CT molecular complexity index is 564.